The minimum Gasteiger partial charge on any atom is -0.301 e. The average Bonchev–Trinajstić information content (AvgIpc) is 1.99. The molecule has 15 heavy (non-hydrogen) atoms. The van der Waals surface area contributed by atoms with Crippen molar-refractivity contribution in [3.8, 4) is 0 Å². The Morgan fingerprint density at radius 1 is 1.33 bits per heavy atom. The molecule has 0 aromatic rings. The van der Waals surface area contributed by atoms with Gasteiger partial charge in [-0.3, -0.25) is 9.59 Å². The zero-order valence-electron chi connectivity index (χ0n) is 8.72. The van der Waals surface area contributed by atoms with Gasteiger partial charge in [0.15, 0.2) is 0 Å². The monoisotopic (exact) mass is 220 g/mol. The minimum absolute atomic E-state index is 0.00389. The number of hydrogen-bond donors (Lipinski definition) is 3. The van der Waals surface area contributed by atoms with E-state index in [0.717, 1.165) is 6.92 Å². The molecule has 0 aliphatic carbocycles. The zero-order valence-corrected chi connectivity index (χ0v) is 8.72. The second-order valence-corrected chi connectivity index (χ2v) is 3.01. The second-order valence-electron chi connectivity index (χ2n) is 3.01. The molecular formula is C6H14N5O4+. The lowest BCUT2D eigenvalue weighted by atomic mass is 10.6. The van der Waals surface area contributed by atoms with Crippen LogP contribution in [0.5, 0.6) is 0 Å². The van der Waals surface area contributed by atoms with Crippen molar-refractivity contribution < 1.29 is 19.8 Å². The highest BCUT2D eigenvalue weighted by Crippen LogP contribution is 1.79. The Balaban J connectivity index is 4.22. The predicted molar refractivity (Wildman–Crippen MR) is 47.8 cm³/mol. The lowest BCUT2D eigenvalue weighted by Crippen LogP contribution is -2.57. The maximum atomic E-state index is 11.1. The summed E-state index contributed by atoms with van der Waals surface area (Å²) in [5.74, 6) is -1.18. The van der Waals surface area contributed by atoms with E-state index in [1.54, 1.807) is 19.0 Å². The fourth-order valence-electron chi connectivity index (χ4n) is 0.703. The number of nitrogens with one attached hydrogen (secondary N) is 2. The van der Waals surface area contributed by atoms with Crippen molar-refractivity contribution in [1.82, 2.24) is 21.0 Å². The van der Waals surface area contributed by atoms with E-state index in [2.05, 4.69) is 0 Å². The lowest BCUT2D eigenvalue weighted by Gasteiger charge is -2.12. The summed E-state index contributed by atoms with van der Waals surface area (Å²) >= 11 is 0. The van der Waals surface area contributed by atoms with Crippen LogP contribution in [-0.2, 0) is 9.59 Å². The molecule has 0 heterocycles. The van der Waals surface area contributed by atoms with Crippen LogP contribution in [0.25, 0.3) is 0 Å². The summed E-state index contributed by atoms with van der Waals surface area (Å²) in [6.07, 6.45) is 0. The van der Waals surface area contributed by atoms with Gasteiger partial charge in [-0.2, -0.15) is 10.9 Å². The van der Waals surface area contributed by atoms with Crippen LogP contribution in [0.1, 0.15) is 6.92 Å². The Morgan fingerprint density at radius 2 is 1.87 bits per heavy atom. The number of hydrazine groups is 3. The standard InChI is InChI=1S/C6H13N5O4/c1-5(12)7-10(11(14)15)8-6(13)4-9(2)3/h4H2,1-3H3,(H2-,7,8,12,13,14,15)/p+1. The van der Waals surface area contributed by atoms with E-state index >= 15 is 0 Å². The van der Waals surface area contributed by atoms with Gasteiger partial charge < -0.3 is 4.90 Å². The molecular weight excluding hydrogens is 206 g/mol. The minimum atomic E-state index is -0.699. The fraction of sp³-hybridized carbons (Fsp3) is 0.667. The number of carbonyl (C=O) groups excluding carboxylic acids is 2. The highest BCUT2D eigenvalue weighted by molar-refractivity contribution is 5.78. The molecule has 0 atom stereocenters. The molecule has 0 aromatic carbocycles. The molecule has 3 N–H and O–H groups in total. The van der Waals surface area contributed by atoms with Gasteiger partial charge in [-0.1, -0.05) is 0 Å². The first-order valence-electron chi connectivity index (χ1n) is 4.00. The van der Waals surface area contributed by atoms with Crippen molar-refractivity contribution in [2.45, 2.75) is 6.92 Å². The van der Waals surface area contributed by atoms with Gasteiger partial charge in [0.1, 0.15) is 10.1 Å². The Hall–Kier alpha value is -1.90. The molecule has 0 aromatic heterocycles. The Bertz CT molecular complexity index is 266. The maximum absolute atomic E-state index is 11.1. The Morgan fingerprint density at radius 3 is 2.20 bits per heavy atom. The van der Waals surface area contributed by atoms with E-state index in [1.807, 2.05) is 10.9 Å². The molecule has 0 radical (unpaired) electrons. The van der Waals surface area contributed by atoms with E-state index < -0.39 is 16.8 Å². The molecule has 0 rings (SSSR count). The molecule has 9 nitrogen and oxygen atoms in total. The van der Waals surface area contributed by atoms with Crippen molar-refractivity contribution in [2.24, 2.45) is 0 Å². The average molecular weight is 220 g/mol. The van der Waals surface area contributed by atoms with Crippen LogP contribution in [-0.4, -0.2) is 52.8 Å². The smallest absolute Gasteiger partial charge is 0.301 e. The third-order valence-corrected chi connectivity index (χ3v) is 1.12. The van der Waals surface area contributed by atoms with Gasteiger partial charge >= 0.3 is 5.03 Å². The summed E-state index contributed by atoms with van der Waals surface area (Å²) in [5, 5.41) is 8.04. The summed E-state index contributed by atoms with van der Waals surface area (Å²) in [5.41, 5.74) is 3.85. The second kappa shape index (κ2) is 5.75. The number of rotatable bonds is 5. The van der Waals surface area contributed by atoms with Crippen molar-refractivity contribution in [3.63, 3.8) is 0 Å². The largest absolute Gasteiger partial charge is 0.399 e. The normalized spacial score (nSPS) is 9.60. The van der Waals surface area contributed by atoms with E-state index in [1.165, 1.54) is 0 Å². The van der Waals surface area contributed by atoms with Crippen LogP contribution in [0, 0.1) is 4.91 Å². The summed E-state index contributed by atoms with van der Waals surface area (Å²) < 4.78 is 0. The lowest BCUT2D eigenvalue weighted by molar-refractivity contribution is -0.915. The number of nitrogens with zero attached hydrogens (tertiary/aromatic N) is 3. The van der Waals surface area contributed by atoms with Gasteiger partial charge in [0.05, 0.1) is 6.54 Å². The Kier molecular flexibility index (Phi) is 5.02. The van der Waals surface area contributed by atoms with Gasteiger partial charge in [-0.05, 0) is 14.1 Å². The number of carbonyl (C=O) groups is 2. The maximum Gasteiger partial charge on any atom is 0.399 e. The van der Waals surface area contributed by atoms with Crippen LogP contribution < -0.4 is 10.9 Å². The third kappa shape index (κ3) is 6.21. The fourth-order valence-corrected chi connectivity index (χ4v) is 0.703. The van der Waals surface area contributed by atoms with E-state index in [0.29, 0.717) is 0 Å². The quantitative estimate of drug-likeness (QED) is 0.463. The molecule has 0 spiro atoms. The van der Waals surface area contributed by atoms with E-state index in [9.17, 15) is 14.5 Å². The number of amides is 2. The molecule has 2 amide bonds. The van der Waals surface area contributed by atoms with Crippen molar-refractivity contribution >= 4 is 11.8 Å². The molecule has 86 valence electrons. The molecule has 9 heteroatoms. The van der Waals surface area contributed by atoms with Crippen LogP contribution >= 0.6 is 0 Å². The van der Waals surface area contributed by atoms with Gasteiger partial charge in [0.2, 0.25) is 5.91 Å². The molecule has 0 aliphatic rings. The number of likely N-dealkylation sites (N-methyl/N-ethyl adjacent to an activating group) is 1. The van der Waals surface area contributed by atoms with E-state index in [4.69, 9.17) is 5.21 Å². The SMILES string of the molecule is CC(=O)NN(NC(=O)CN(C)C)[N+](=O)O. The topological polar surface area (TPSA) is 105 Å². The number of hydrogen-bond acceptors (Lipinski definition) is 4. The molecule has 0 saturated carbocycles. The summed E-state index contributed by atoms with van der Waals surface area (Å²) in [6, 6.07) is 0. The van der Waals surface area contributed by atoms with Crippen LogP contribution in [0.2, 0.25) is 0 Å². The first-order chi connectivity index (χ1) is 6.82. The molecule has 0 saturated heterocycles. The van der Waals surface area contributed by atoms with Crippen LogP contribution in [0.15, 0.2) is 0 Å². The van der Waals surface area contributed by atoms with Gasteiger partial charge in [-0.15, -0.1) is 0 Å². The predicted octanol–water partition coefficient (Wildman–Crippen LogP) is -1.98. The highest BCUT2D eigenvalue weighted by Gasteiger charge is 2.23. The van der Waals surface area contributed by atoms with Crippen molar-refractivity contribution in [2.75, 3.05) is 20.6 Å². The first kappa shape index (κ1) is 13.1. The summed E-state index contributed by atoms with van der Waals surface area (Å²) in [4.78, 5) is 33.7. The molecule has 0 fully saturated rings. The molecule has 0 unspecified atom stereocenters. The highest BCUT2D eigenvalue weighted by atomic mass is 16.7. The summed E-state index contributed by atoms with van der Waals surface area (Å²) in [6.45, 7) is 1.12. The van der Waals surface area contributed by atoms with Crippen LogP contribution in [0.3, 0.4) is 0 Å². The molecule has 0 aliphatic heterocycles. The van der Waals surface area contributed by atoms with Gasteiger partial charge in [0.25, 0.3) is 5.91 Å². The third-order valence-electron chi connectivity index (χ3n) is 1.12. The first-order valence-corrected chi connectivity index (χ1v) is 4.00. The molecule has 0 bridgehead atoms. The van der Waals surface area contributed by atoms with Crippen LogP contribution in [0.4, 0.5) is 0 Å². The van der Waals surface area contributed by atoms with E-state index in [-0.39, 0.29) is 11.8 Å². The summed E-state index contributed by atoms with van der Waals surface area (Å²) in [7, 11) is 3.30. The Labute approximate surface area is 86.1 Å². The van der Waals surface area contributed by atoms with Crippen molar-refractivity contribution in [3.05, 3.63) is 4.91 Å². The zero-order chi connectivity index (χ0) is 12.0. The van der Waals surface area contributed by atoms with Gasteiger partial charge in [0, 0.05) is 6.92 Å². The van der Waals surface area contributed by atoms with Crippen molar-refractivity contribution in [1.29, 1.82) is 0 Å². The van der Waals surface area contributed by atoms with Gasteiger partial charge in [-0.25, -0.2) is 5.21 Å².